The van der Waals surface area contributed by atoms with Gasteiger partial charge in [0.15, 0.2) is 6.61 Å². The number of aliphatic carboxylic acids is 1. The Kier molecular flexibility index (Phi) is 8.50. The molecule has 0 bridgehead atoms. The van der Waals surface area contributed by atoms with Gasteiger partial charge in [-0.25, -0.2) is 9.59 Å². The van der Waals surface area contributed by atoms with Crippen molar-refractivity contribution in [2.45, 2.75) is 26.7 Å². The number of anilines is 2. The van der Waals surface area contributed by atoms with Crippen LogP contribution in [0.3, 0.4) is 0 Å². The molecule has 0 saturated carbocycles. The average molecular weight is 361 g/mol. The predicted molar refractivity (Wildman–Crippen MR) is 98.1 cm³/mol. The second kappa shape index (κ2) is 10.6. The van der Waals surface area contributed by atoms with Crippen LogP contribution in [0.1, 0.15) is 26.7 Å². The first-order valence-electron chi connectivity index (χ1n) is 8.19. The van der Waals surface area contributed by atoms with E-state index in [1.54, 1.807) is 0 Å². The van der Waals surface area contributed by atoms with Crippen LogP contribution in [0.5, 0.6) is 5.75 Å². The summed E-state index contributed by atoms with van der Waals surface area (Å²) in [5.41, 5.74) is 0.667. The summed E-state index contributed by atoms with van der Waals surface area (Å²) in [6.45, 7) is 3.33. The van der Waals surface area contributed by atoms with Gasteiger partial charge in [0.05, 0.1) is 12.2 Å². The summed E-state index contributed by atoms with van der Waals surface area (Å²) in [6.07, 6.45) is 6.41. The number of amides is 3. The molecule has 0 unspecified atom stereocenters. The zero-order valence-electron chi connectivity index (χ0n) is 14.8. The standard InChI is InChI=1S/C18H23N3O5/c1-4-9-19-18(25)20-13-7-8-15(26-11-16(22)23)14(10-13)21-17(24)12(5-2)6-3/h1,7-8,10,12H,5-6,9,11H2,2-3H3,(H,21,24)(H,22,23)(H2,19,20,25). The molecule has 0 fully saturated rings. The number of hydrogen-bond donors (Lipinski definition) is 4. The third kappa shape index (κ3) is 6.73. The second-order valence-corrected chi connectivity index (χ2v) is 5.41. The van der Waals surface area contributed by atoms with Crippen LogP contribution in [0.2, 0.25) is 0 Å². The van der Waals surface area contributed by atoms with Crippen molar-refractivity contribution in [1.82, 2.24) is 5.32 Å². The van der Waals surface area contributed by atoms with Gasteiger partial charge in [0.25, 0.3) is 0 Å². The van der Waals surface area contributed by atoms with Crippen molar-refractivity contribution < 1.29 is 24.2 Å². The fourth-order valence-electron chi connectivity index (χ4n) is 2.17. The van der Waals surface area contributed by atoms with Crippen LogP contribution >= 0.6 is 0 Å². The maximum Gasteiger partial charge on any atom is 0.341 e. The molecule has 0 aliphatic heterocycles. The van der Waals surface area contributed by atoms with Gasteiger partial charge in [-0.15, -0.1) is 6.42 Å². The molecular formula is C18H23N3O5. The number of terminal acetylenes is 1. The molecule has 1 aromatic carbocycles. The van der Waals surface area contributed by atoms with Gasteiger partial charge in [0.1, 0.15) is 5.75 Å². The Hall–Kier alpha value is -3.21. The molecule has 0 spiro atoms. The quantitative estimate of drug-likeness (QED) is 0.504. The molecule has 8 nitrogen and oxygen atoms in total. The van der Waals surface area contributed by atoms with Crippen LogP contribution in [0, 0.1) is 18.3 Å². The largest absolute Gasteiger partial charge is 0.480 e. The molecule has 1 aromatic rings. The lowest BCUT2D eigenvalue weighted by Crippen LogP contribution is -2.29. The topological polar surface area (TPSA) is 117 Å². The number of carboxylic acids is 1. The van der Waals surface area contributed by atoms with Crippen molar-refractivity contribution in [3.05, 3.63) is 18.2 Å². The summed E-state index contributed by atoms with van der Waals surface area (Å²) < 4.78 is 5.20. The molecule has 140 valence electrons. The van der Waals surface area contributed by atoms with Gasteiger partial charge in [0.2, 0.25) is 5.91 Å². The van der Waals surface area contributed by atoms with Crippen molar-refractivity contribution >= 4 is 29.3 Å². The highest BCUT2D eigenvalue weighted by atomic mass is 16.5. The Labute approximate surface area is 152 Å². The van der Waals surface area contributed by atoms with Crippen LogP contribution in [0.25, 0.3) is 0 Å². The van der Waals surface area contributed by atoms with E-state index in [0.29, 0.717) is 18.5 Å². The van der Waals surface area contributed by atoms with Gasteiger partial charge in [-0.3, -0.25) is 4.79 Å². The Balaban J connectivity index is 3.00. The average Bonchev–Trinajstić information content (AvgIpc) is 2.60. The minimum absolute atomic E-state index is 0.0733. The lowest BCUT2D eigenvalue weighted by Gasteiger charge is -2.17. The predicted octanol–water partition coefficient (Wildman–Crippen LogP) is 2.28. The number of rotatable bonds is 9. The monoisotopic (exact) mass is 361 g/mol. The highest BCUT2D eigenvalue weighted by Crippen LogP contribution is 2.29. The number of carbonyl (C=O) groups excluding carboxylic acids is 2. The third-order valence-corrected chi connectivity index (χ3v) is 3.55. The summed E-state index contributed by atoms with van der Waals surface area (Å²) in [5, 5.41) is 16.5. The Morgan fingerprint density at radius 3 is 2.50 bits per heavy atom. The van der Waals surface area contributed by atoms with Crippen molar-refractivity contribution in [3.8, 4) is 18.1 Å². The van der Waals surface area contributed by atoms with E-state index in [0.717, 1.165) is 0 Å². The van der Waals surface area contributed by atoms with Crippen molar-refractivity contribution in [3.63, 3.8) is 0 Å². The molecule has 0 aromatic heterocycles. The Morgan fingerprint density at radius 2 is 1.92 bits per heavy atom. The SMILES string of the molecule is C#CCNC(=O)Nc1ccc(OCC(=O)O)c(NC(=O)C(CC)CC)c1. The second-order valence-electron chi connectivity index (χ2n) is 5.41. The van der Waals surface area contributed by atoms with Crippen molar-refractivity contribution in [2.75, 3.05) is 23.8 Å². The summed E-state index contributed by atoms with van der Waals surface area (Å²) >= 11 is 0. The van der Waals surface area contributed by atoms with Crippen LogP contribution in [-0.4, -0.2) is 36.2 Å². The molecular weight excluding hydrogens is 338 g/mol. The van der Waals surface area contributed by atoms with Gasteiger partial charge >= 0.3 is 12.0 Å². The van der Waals surface area contributed by atoms with E-state index in [2.05, 4.69) is 21.9 Å². The Morgan fingerprint density at radius 1 is 1.23 bits per heavy atom. The highest BCUT2D eigenvalue weighted by molar-refractivity contribution is 5.96. The van der Waals surface area contributed by atoms with E-state index in [-0.39, 0.29) is 29.8 Å². The molecule has 4 N–H and O–H groups in total. The zero-order chi connectivity index (χ0) is 19.5. The highest BCUT2D eigenvalue weighted by Gasteiger charge is 2.17. The first-order chi connectivity index (χ1) is 12.4. The van der Waals surface area contributed by atoms with Crippen LogP contribution in [0.4, 0.5) is 16.2 Å². The molecule has 0 saturated heterocycles. The molecule has 0 heterocycles. The van der Waals surface area contributed by atoms with Gasteiger partial charge in [-0.05, 0) is 31.0 Å². The number of ether oxygens (including phenoxy) is 1. The van der Waals surface area contributed by atoms with Crippen molar-refractivity contribution in [2.24, 2.45) is 5.92 Å². The lowest BCUT2D eigenvalue weighted by molar-refractivity contribution is -0.139. The smallest absolute Gasteiger partial charge is 0.341 e. The van der Waals surface area contributed by atoms with Gasteiger partial charge in [-0.1, -0.05) is 19.8 Å². The van der Waals surface area contributed by atoms with E-state index >= 15 is 0 Å². The van der Waals surface area contributed by atoms with Crippen LogP contribution < -0.4 is 20.7 Å². The first-order valence-corrected chi connectivity index (χ1v) is 8.19. The summed E-state index contributed by atoms with van der Waals surface area (Å²) in [7, 11) is 0. The minimum Gasteiger partial charge on any atom is -0.480 e. The normalized spacial score (nSPS) is 9.92. The Bertz CT molecular complexity index is 693. The van der Waals surface area contributed by atoms with Gasteiger partial charge in [-0.2, -0.15) is 0 Å². The summed E-state index contributed by atoms with van der Waals surface area (Å²) in [5.74, 6) is 0.947. The van der Waals surface area contributed by atoms with Gasteiger partial charge in [0, 0.05) is 11.6 Å². The third-order valence-electron chi connectivity index (χ3n) is 3.55. The number of carbonyl (C=O) groups is 3. The minimum atomic E-state index is -1.14. The first kappa shape index (κ1) is 20.8. The van der Waals surface area contributed by atoms with Gasteiger partial charge < -0.3 is 25.8 Å². The molecule has 26 heavy (non-hydrogen) atoms. The lowest BCUT2D eigenvalue weighted by atomic mass is 10.0. The van der Waals surface area contributed by atoms with E-state index in [1.165, 1.54) is 18.2 Å². The van der Waals surface area contributed by atoms with E-state index in [1.807, 2.05) is 13.8 Å². The number of benzene rings is 1. The number of hydrogen-bond acceptors (Lipinski definition) is 4. The van der Waals surface area contributed by atoms with E-state index in [9.17, 15) is 14.4 Å². The summed E-state index contributed by atoms with van der Waals surface area (Å²) in [4.78, 5) is 34.8. The molecule has 0 radical (unpaired) electrons. The van der Waals surface area contributed by atoms with E-state index in [4.69, 9.17) is 16.3 Å². The maximum absolute atomic E-state index is 12.3. The molecule has 1 rings (SSSR count). The molecule has 0 aliphatic rings. The molecule has 0 aliphatic carbocycles. The molecule has 0 atom stereocenters. The number of carboxylic acid groups (broad SMARTS) is 1. The number of urea groups is 1. The number of nitrogens with one attached hydrogen (secondary N) is 3. The summed E-state index contributed by atoms with van der Waals surface area (Å²) in [6, 6.07) is 3.99. The molecule has 3 amide bonds. The molecule has 8 heteroatoms. The maximum atomic E-state index is 12.3. The van der Waals surface area contributed by atoms with Crippen LogP contribution in [0.15, 0.2) is 18.2 Å². The zero-order valence-corrected chi connectivity index (χ0v) is 14.8. The fourth-order valence-corrected chi connectivity index (χ4v) is 2.17. The van der Waals surface area contributed by atoms with Crippen LogP contribution in [-0.2, 0) is 9.59 Å². The fraction of sp³-hybridized carbons (Fsp3) is 0.389. The van der Waals surface area contributed by atoms with Crippen molar-refractivity contribution in [1.29, 1.82) is 0 Å². The van der Waals surface area contributed by atoms with E-state index < -0.39 is 18.6 Å².